The minimum atomic E-state index is 0.493. The predicted octanol–water partition coefficient (Wildman–Crippen LogP) is 3.36. The van der Waals surface area contributed by atoms with Gasteiger partial charge in [0.05, 0.1) is 12.2 Å². The summed E-state index contributed by atoms with van der Waals surface area (Å²) in [5.41, 5.74) is 0. The average Bonchev–Trinajstić information content (AvgIpc) is 2.35. The summed E-state index contributed by atoms with van der Waals surface area (Å²) in [7, 11) is 0. The van der Waals surface area contributed by atoms with E-state index in [1.54, 1.807) is 0 Å². The highest BCUT2D eigenvalue weighted by Crippen LogP contribution is 2.27. The normalized spacial score (nSPS) is 35.0. The summed E-state index contributed by atoms with van der Waals surface area (Å²) in [4.78, 5) is 0.608. The summed E-state index contributed by atoms with van der Waals surface area (Å²) in [6.07, 6.45) is 4.72. The summed E-state index contributed by atoms with van der Waals surface area (Å²) in [6.45, 7) is 6.66. The SMILES string of the molecule is CC1CCC(CC(C)C(C)Br)O1. The van der Waals surface area contributed by atoms with E-state index in [1.807, 2.05) is 0 Å². The number of rotatable bonds is 3. The Hall–Kier alpha value is 0.440. The van der Waals surface area contributed by atoms with Crippen LogP contribution >= 0.6 is 15.9 Å². The van der Waals surface area contributed by atoms with Crippen LogP contribution in [0.3, 0.4) is 0 Å². The number of halogens is 1. The zero-order valence-electron chi connectivity index (χ0n) is 8.22. The maximum Gasteiger partial charge on any atom is 0.0582 e. The van der Waals surface area contributed by atoms with Crippen molar-refractivity contribution in [1.82, 2.24) is 0 Å². The van der Waals surface area contributed by atoms with Gasteiger partial charge in [-0.25, -0.2) is 0 Å². The van der Waals surface area contributed by atoms with E-state index in [2.05, 4.69) is 36.7 Å². The molecule has 1 saturated heterocycles. The van der Waals surface area contributed by atoms with Gasteiger partial charge in [0.2, 0.25) is 0 Å². The molecule has 0 bridgehead atoms. The first-order valence-corrected chi connectivity index (χ1v) is 5.80. The van der Waals surface area contributed by atoms with E-state index >= 15 is 0 Å². The van der Waals surface area contributed by atoms with Gasteiger partial charge in [-0.05, 0) is 32.1 Å². The molecule has 0 aromatic heterocycles. The van der Waals surface area contributed by atoms with E-state index in [1.165, 1.54) is 19.3 Å². The lowest BCUT2D eigenvalue weighted by Crippen LogP contribution is -2.17. The lowest BCUT2D eigenvalue weighted by atomic mass is 9.99. The lowest BCUT2D eigenvalue weighted by Gasteiger charge is -2.18. The second-order valence-electron chi connectivity index (χ2n) is 4.04. The predicted molar refractivity (Wildman–Crippen MR) is 55.7 cm³/mol. The van der Waals surface area contributed by atoms with Crippen molar-refractivity contribution in [2.45, 2.75) is 57.1 Å². The molecule has 1 fully saturated rings. The Morgan fingerprint density at radius 1 is 1.42 bits per heavy atom. The largest absolute Gasteiger partial charge is 0.375 e. The van der Waals surface area contributed by atoms with Gasteiger partial charge in [0, 0.05) is 4.83 Å². The summed E-state index contributed by atoms with van der Waals surface area (Å²) < 4.78 is 5.76. The van der Waals surface area contributed by atoms with Gasteiger partial charge in [-0.15, -0.1) is 0 Å². The first-order chi connectivity index (χ1) is 5.59. The Balaban J connectivity index is 2.23. The zero-order chi connectivity index (χ0) is 9.14. The van der Waals surface area contributed by atoms with Gasteiger partial charge in [-0.1, -0.05) is 29.8 Å². The van der Waals surface area contributed by atoms with Crippen molar-refractivity contribution in [1.29, 1.82) is 0 Å². The monoisotopic (exact) mass is 234 g/mol. The minimum Gasteiger partial charge on any atom is -0.375 e. The fourth-order valence-electron chi connectivity index (χ4n) is 1.66. The van der Waals surface area contributed by atoms with Crippen LogP contribution in [0.25, 0.3) is 0 Å². The quantitative estimate of drug-likeness (QED) is 0.681. The molecule has 4 unspecified atom stereocenters. The molecule has 1 heterocycles. The minimum absolute atomic E-state index is 0.493. The van der Waals surface area contributed by atoms with Crippen LogP contribution < -0.4 is 0 Å². The maximum atomic E-state index is 5.76. The number of hydrogen-bond donors (Lipinski definition) is 0. The molecule has 1 rings (SSSR count). The lowest BCUT2D eigenvalue weighted by molar-refractivity contribution is 0.0426. The third-order valence-electron chi connectivity index (χ3n) is 2.74. The van der Waals surface area contributed by atoms with Crippen LogP contribution in [0.2, 0.25) is 0 Å². The van der Waals surface area contributed by atoms with Crippen LogP contribution in [0, 0.1) is 5.92 Å². The molecular weight excluding hydrogens is 216 g/mol. The van der Waals surface area contributed by atoms with Crippen molar-refractivity contribution in [3.8, 4) is 0 Å². The highest BCUT2D eigenvalue weighted by atomic mass is 79.9. The van der Waals surface area contributed by atoms with Gasteiger partial charge >= 0.3 is 0 Å². The van der Waals surface area contributed by atoms with Crippen molar-refractivity contribution < 1.29 is 4.74 Å². The molecule has 1 nitrogen and oxygen atoms in total. The highest BCUT2D eigenvalue weighted by molar-refractivity contribution is 9.09. The van der Waals surface area contributed by atoms with E-state index < -0.39 is 0 Å². The topological polar surface area (TPSA) is 9.23 Å². The van der Waals surface area contributed by atoms with Gasteiger partial charge in [0.15, 0.2) is 0 Å². The van der Waals surface area contributed by atoms with Crippen LogP contribution in [0.5, 0.6) is 0 Å². The van der Waals surface area contributed by atoms with Crippen LogP contribution in [0.1, 0.15) is 40.0 Å². The fourth-order valence-corrected chi connectivity index (χ4v) is 1.88. The van der Waals surface area contributed by atoms with E-state index in [9.17, 15) is 0 Å². The van der Waals surface area contributed by atoms with Crippen molar-refractivity contribution in [3.05, 3.63) is 0 Å². The molecule has 4 atom stereocenters. The van der Waals surface area contributed by atoms with Gasteiger partial charge in [0.1, 0.15) is 0 Å². The standard InChI is InChI=1S/C10H19BrO/c1-7(9(3)11)6-10-5-4-8(2)12-10/h7-10H,4-6H2,1-3H3. The smallest absolute Gasteiger partial charge is 0.0582 e. The molecule has 0 saturated carbocycles. The molecule has 0 spiro atoms. The van der Waals surface area contributed by atoms with Gasteiger partial charge in [0.25, 0.3) is 0 Å². The Morgan fingerprint density at radius 3 is 2.50 bits per heavy atom. The Morgan fingerprint density at radius 2 is 2.08 bits per heavy atom. The molecule has 0 amide bonds. The Bertz CT molecular complexity index is 136. The number of ether oxygens (including phenoxy) is 1. The van der Waals surface area contributed by atoms with Crippen molar-refractivity contribution in [2.75, 3.05) is 0 Å². The van der Waals surface area contributed by atoms with Crippen LogP contribution in [-0.2, 0) is 4.74 Å². The fraction of sp³-hybridized carbons (Fsp3) is 1.00. The number of alkyl halides is 1. The molecule has 0 aromatic rings. The molecule has 2 heteroatoms. The third kappa shape index (κ3) is 3.06. The molecule has 0 N–H and O–H groups in total. The van der Waals surface area contributed by atoms with Crippen LogP contribution in [0.4, 0.5) is 0 Å². The molecule has 1 aliphatic heterocycles. The molecule has 1 aliphatic rings. The molecule has 12 heavy (non-hydrogen) atoms. The molecular formula is C10H19BrO. The summed E-state index contributed by atoms with van der Waals surface area (Å²) in [6, 6.07) is 0. The van der Waals surface area contributed by atoms with Crippen molar-refractivity contribution in [2.24, 2.45) is 5.92 Å². The van der Waals surface area contributed by atoms with E-state index in [4.69, 9.17) is 4.74 Å². The molecule has 0 radical (unpaired) electrons. The Kier molecular flexibility index (Phi) is 4.04. The first-order valence-electron chi connectivity index (χ1n) is 4.89. The van der Waals surface area contributed by atoms with Gasteiger partial charge in [-0.2, -0.15) is 0 Å². The van der Waals surface area contributed by atoms with Gasteiger partial charge < -0.3 is 4.74 Å². The maximum absolute atomic E-state index is 5.76. The van der Waals surface area contributed by atoms with Crippen LogP contribution in [-0.4, -0.2) is 17.0 Å². The van der Waals surface area contributed by atoms with Crippen molar-refractivity contribution >= 4 is 15.9 Å². The summed E-state index contributed by atoms with van der Waals surface area (Å²) in [5.74, 6) is 0.722. The second-order valence-corrected chi connectivity index (χ2v) is 5.48. The highest BCUT2D eigenvalue weighted by Gasteiger charge is 2.24. The van der Waals surface area contributed by atoms with Crippen LogP contribution in [0.15, 0.2) is 0 Å². The zero-order valence-corrected chi connectivity index (χ0v) is 9.80. The van der Waals surface area contributed by atoms with E-state index in [0.29, 0.717) is 17.0 Å². The second kappa shape index (κ2) is 4.61. The third-order valence-corrected chi connectivity index (χ3v) is 3.64. The summed E-state index contributed by atoms with van der Waals surface area (Å²) in [5, 5.41) is 0. The first kappa shape index (κ1) is 10.5. The number of hydrogen-bond acceptors (Lipinski definition) is 1. The van der Waals surface area contributed by atoms with Crippen molar-refractivity contribution in [3.63, 3.8) is 0 Å². The molecule has 0 aliphatic carbocycles. The molecule has 0 aromatic carbocycles. The van der Waals surface area contributed by atoms with E-state index in [-0.39, 0.29) is 0 Å². The molecule has 72 valence electrons. The van der Waals surface area contributed by atoms with Gasteiger partial charge in [-0.3, -0.25) is 0 Å². The average molecular weight is 235 g/mol. The van der Waals surface area contributed by atoms with E-state index in [0.717, 1.165) is 5.92 Å². The Labute approximate surface area is 84.0 Å². The summed E-state index contributed by atoms with van der Waals surface area (Å²) >= 11 is 3.61.